The minimum Gasteiger partial charge on any atom is -0.467 e. The number of hydrogen-bond donors (Lipinski definition) is 2. The first kappa shape index (κ1) is 15.9. The lowest BCUT2D eigenvalue weighted by atomic mass is 10.2. The Morgan fingerprint density at radius 2 is 1.85 bits per heavy atom. The van der Waals surface area contributed by atoms with Gasteiger partial charge in [0.15, 0.2) is 0 Å². The Kier molecular flexibility index (Phi) is 5.94. The second kappa shape index (κ2) is 7.46. The van der Waals surface area contributed by atoms with Crippen LogP contribution < -0.4 is 10.0 Å². The van der Waals surface area contributed by atoms with Gasteiger partial charge in [0.2, 0.25) is 0 Å². The van der Waals surface area contributed by atoms with E-state index in [0.29, 0.717) is 0 Å². The van der Waals surface area contributed by atoms with E-state index in [-0.39, 0.29) is 6.54 Å². The molecule has 0 aliphatic carbocycles. The summed E-state index contributed by atoms with van der Waals surface area (Å²) in [6.07, 6.45) is -0.885. The molecule has 9 heteroatoms. The molecule has 20 heavy (non-hydrogen) atoms. The van der Waals surface area contributed by atoms with Gasteiger partial charge in [0.05, 0.1) is 14.2 Å². The molecule has 0 aliphatic rings. The zero-order valence-corrected chi connectivity index (χ0v) is 11.8. The number of rotatable bonds is 4. The fourth-order valence-electron chi connectivity index (χ4n) is 1.16. The van der Waals surface area contributed by atoms with Crippen LogP contribution in [0.25, 0.3) is 0 Å². The number of amidine groups is 1. The van der Waals surface area contributed by atoms with Gasteiger partial charge in [-0.2, -0.15) is 13.1 Å². The molecule has 1 aromatic carbocycles. The van der Waals surface area contributed by atoms with Crippen LogP contribution in [0.1, 0.15) is 5.56 Å². The van der Waals surface area contributed by atoms with Crippen LogP contribution in [0, 0.1) is 0 Å². The molecule has 1 rings (SSSR count). The number of carbonyl (C=O) groups excluding carboxylic acids is 1. The second-order valence-electron chi connectivity index (χ2n) is 3.50. The molecular weight excluding hydrogens is 286 g/mol. The summed E-state index contributed by atoms with van der Waals surface area (Å²) in [5, 5.41) is 2.02. The first-order valence-electron chi connectivity index (χ1n) is 5.49. The standard InChI is InChI=1S/C11H15N3O5S/c1-18-10(13-11(15)19-2)14-20(16,17)12-8-9-6-4-3-5-7-9/h3-7,12H,8H2,1-2H3,(H,13,14,15). The third-order valence-electron chi connectivity index (χ3n) is 2.09. The third-order valence-corrected chi connectivity index (χ3v) is 3.01. The molecule has 0 aromatic heterocycles. The van der Waals surface area contributed by atoms with Crippen LogP contribution in [0.5, 0.6) is 0 Å². The van der Waals surface area contributed by atoms with Crippen LogP contribution in [-0.4, -0.2) is 34.8 Å². The van der Waals surface area contributed by atoms with E-state index in [1.807, 2.05) is 11.4 Å². The summed E-state index contributed by atoms with van der Waals surface area (Å²) in [6, 6.07) is 8.42. The maximum Gasteiger partial charge on any atom is 0.414 e. The van der Waals surface area contributed by atoms with E-state index in [1.54, 1.807) is 24.3 Å². The fourth-order valence-corrected chi connectivity index (χ4v) is 1.91. The highest BCUT2D eigenvalue weighted by atomic mass is 32.2. The molecule has 0 radical (unpaired) electrons. The maximum absolute atomic E-state index is 11.7. The van der Waals surface area contributed by atoms with E-state index in [2.05, 4.69) is 18.6 Å². The summed E-state index contributed by atoms with van der Waals surface area (Å²) in [5.74, 6) is 0. The van der Waals surface area contributed by atoms with Gasteiger partial charge in [-0.1, -0.05) is 34.7 Å². The van der Waals surface area contributed by atoms with E-state index < -0.39 is 22.3 Å². The fraction of sp³-hybridized carbons (Fsp3) is 0.273. The first-order valence-corrected chi connectivity index (χ1v) is 6.93. The largest absolute Gasteiger partial charge is 0.467 e. The third kappa shape index (κ3) is 5.67. The van der Waals surface area contributed by atoms with Crippen molar-refractivity contribution in [3.8, 4) is 0 Å². The molecule has 0 bridgehead atoms. The molecular formula is C11H15N3O5S. The molecule has 0 saturated carbocycles. The molecule has 2 N–H and O–H groups in total. The van der Waals surface area contributed by atoms with Crippen molar-refractivity contribution in [2.45, 2.75) is 6.54 Å². The summed E-state index contributed by atoms with van der Waals surface area (Å²) in [4.78, 5) is 10.9. The number of methoxy groups -OCH3 is 2. The number of carbonyl (C=O) groups is 1. The predicted molar refractivity (Wildman–Crippen MR) is 72.2 cm³/mol. The van der Waals surface area contributed by atoms with Crippen molar-refractivity contribution in [2.75, 3.05) is 14.2 Å². The summed E-state index contributed by atoms with van der Waals surface area (Å²) >= 11 is 0. The Balaban J connectivity index is 2.69. The van der Waals surface area contributed by atoms with Gasteiger partial charge in [-0.25, -0.2) is 10.1 Å². The topological polar surface area (TPSA) is 106 Å². The van der Waals surface area contributed by atoms with Crippen LogP contribution in [0.3, 0.4) is 0 Å². The zero-order chi connectivity index (χ0) is 15.0. The first-order chi connectivity index (χ1) is 9.46. The second-order valence-corrected chi connectivity index (χ2v) is 4.92. The van der Waals surface area contributed by atoms with Gasteiger partial charge in [-0.15, -0.1) is 0 Å². The summed E-state index contributed by atoms with van der Waals surface area (Å²) in [7, 11) is -1.70. The molecule has 8 nitrogen and oxygen atoms in total. The molecule has 0 saturated heterocycles. The highest BCUT2D eigenvalue weighted by Crippen LogP contribution is 1.99. The molecule has 110 valence electrons. The molecule has 1 amide bonds. The zero-order valence-electron chi connectivity index (χ0n) is 11.0. The molecule has 0 spiro atoms. The van der Waals surface area contributed by atoms with Crippen molar-refractivity contribution in [2.24, 2.45) is 4.40 Å². The molecule has 0 heterocycles. The summed E-state index contributed by atoms with van der Waals surface area (Å²) in [5.41, 5.74) is 0.770. The van der Waals surface area contributed by atoms with Gasteiger partial charge in [0.1, 0.15) is 0 Å². The highest BCUT2D eigenvalue weighted by molar-refractivity contribution is 7.88. The minimum absolute atomic E-state index is 0.0713. The predicted octanol–water partition coefficient (Wildman–Crippen LogP) is 0.379. The van der Waals surface area contributed by atoms with Crippen LogP contribution in [0.15, 0.2) is 34.7 Å². The van der Waals surface area contributed by atoms with Crippen molar-refractivity contribution >= 4 is 22.3 Å². The van der Waals surface area contributed by atoms with Crippen molar-refractivity contribution in [1.29, 1.82) is 0 Å². The average molecular weight is 301 g/mol. The number of alkyl carbamates (subject to hydrolysis) is 1. The molecule has 0 atom stereocenters. The van der Waals surface area contributed by atoms with Gasteiger partial charge < -0.3 is 9.47 Å². The monoisotopic (exact) mass is 301 g/mol. The lowest BCUT2D eigenvalue weighted by Crippen LogP contribution is -2.34. The Hall–Kier alpha value is -2.13. The quantitative estimate of drug-likeness (QED) is 0.617. The van der Waals surface area contributed by atoms with E-state index in [9.17, 15) is 13.2 Å². The van der Waals surface area contributed by atoms with E-state index in [0.717, 1.165) is 12.7 Å². The van der Waals surface area contributed by atoms with Gasteiger partial charge in [-0.3, -0.25) is 0 Å². The van der Waals surface area contributed by atoms with Gasteiger partial charge >= 0.3 is 22.3 Å². The Labute approximate surface area is 117 Å². The molecule has 1 aromatic rings. The highest BCUT2D eigenvalue weighted by Gasteiger charge is 2.13. The number of benzene rings is 1. The van der Waals surface area contributed by atoms with Gasteiger partial charge in [0, 0.05) is 6.54 Å². The van der Waals surface area contributed by atoms with Gasteiger partial charge in [0.25, 0.3) is 0 Å². The maximum atomic E-state index is 11.7. The molecule has 0 fully saturated rings. The van der Waals surface area contributed by atoms with Crippen molar-refractivity contribution < 1.29 is 22.7 Å². The van der Waals surface area contributed by atoms with Crippen LogP contribution in [0.4, 0.5) is 4.79 Å². The number of ether oxygens (including phenoxy) is 2. The van der Waals surface area contributed by atoms with E-state index in [4.69, 9.17) is 0 Å². The van der Waals surface area contributed by atoms with Crippen molar-refractivity contribution in [3.05, 3.63) is 35.9 Å². The van der Waals surface area contributed by atoms with Crippen LogP contribution in [0.2, 0.25) is 0 Å². The van der Waals surface area contributed by atoms with Gasteiger partial charge in [-0.05, 0) is 5.56 Å². The Morgan fingerprint density at radius 3 is 2.40 bits per heavy atom. The van der Waals surface area contributed by atoms with Crippen LogP contribution in [-0.2, 0) is 26.2 Å². The lowest BCUT2D eigenvalue weighted by molar-refractivity contribution is 0.174. The van der Waals surface area contributed by atoms with Crippen molar-refractivity contribution in [3.63, 3.8) is 0 Å². The summed E-state index contributed by atoms with van der Waals surface area (Å²) in [6.45, 7) is 0.0713. The normalized spacial score (nSPS) is 11.8. The van der Waals surface area contributed by atoms with Crippen molar-refractivity contribution in [1.82, 2.24) is 10.0 Å². The molecule has 0 unspecified atom stereocenters. The minimum atomic E-state index is -4.00. The lowest BCUT2D eigenvalue weighted by Gasteiger charge is -2.07. The number of nitrogens with zero attached hydrogens (tertiary/aromatic N) is 1. The Morgan fingerprint density at radius 1 is 1.20 bits per heavy atom. The summed E-state index contributed by atoms with van der Waals surface area (Å²) < 4.78 is 37.8. The SMILES string of the molecule is COC(=O)N/C(=N/S(=O)(=O)NCc1ccccc1)OC. The smallest absolute Gasteiger partial charge is 0.414 e. The molecule has 0 aliphatic heterocycles. The van der Waals surface area contributed by atoms with E-state index >= 15 is 0 Å². The number of hydrogen-bond acceptors (Lipinski definition) is 5. The average Bonchev–Trinajstić information content (AvgIpc) is 2.45. The number of amides is 1. The Bertz CT molecular complexity index is 571. The van der Waals surface area contributed by atoms with E-state index in [1.165, 1.54) is 7.11 Å². The van der Waals surface area contributed by atoms with Crippen LogP contribution >= 0.6 is 0 Å². The number of nitrogens with one attached hydrogen (secondary N) is 2.